The van der Waals surface area contributed by atoms with Crippen LogP contribution in [0.2, 0.25) is 0 Å². The highest BCUT2D eigenvalue weighted by Gasteiger charge is 2.25. The van der Waals surface area contributed by atoms with Crippen LogP contribution in [0.3, 0.4) is 0 Å². The Kier molecular flexibility index (Phi) is 3.86. The molecule has 0 spiro atoms. The van der Waals surface area contributed by atoms with Gasteiger partial charge in [0.15, 0.2) is 0 Å². The van der Waals surface area contributed by atoms with E-state index in [-0.39, 0.29) is 11.6 Å². The van der Waals surface area contributed by atoms with Gasteiger partial charge < -0.3 is 15.2 Å². The first-order valence-electron chi connectivity index (χ1n) is 6.96. The van der Waals surface area contributed by atoms with Gasteiger partial charge in [0.1, 0.15) is 11.6 Å². The summed E-state index contributed by atoms with van der Waals surface area (Å²) in [5.74, 6) is 0.950. The lowest BCUT2D eigenvalue weighted by molar-refractivity contribution is 0.0497. The van der Waals surface area contributed by atoms with Crippen molar-refractivity contribution in [2.24, 2.45) is 16.0 Å². The minimum atomic E-state index is -3.51. The van der Waals surface area contributed by atoms with Crippen LogP contribution in [0.1, 0.15) is 24.0 Å². The highest BCUT2D eigenvalue weighted by molar-refractivity contribution is 7.89. The van der Waals surface area contributed by atoms with E-state index in [1.54, 1.807) is 18.2 Å². The summed E-state index contributed by atoms with van der Waals surface area (Å²) in [4.78, 5) is 0. The van der Waals surface area contributed by atoms with Crippen LogP contribution < -0.4 is 10.5 Å². The van der Waals surface area contributed by atoms with Gasteiger partial charge in [-0.1, -0.05) is 12.1 Å². The van der Waals surface area contributed by atoms with Gasteiger partial charge >= 0.3 is 0 Å². The Bertz CT molecular complexity index is 664. The minimum absolute atomic E-state index is 0.0128. The number of rotatable bonds is 3. The van der Waals surface area contributed by atoms with Crippen molar-refractivity contribution >= 4 is 15.9 Å². The molecule has 0 aliphatic carbocycles. The maximum absolute atomic E-state index is 11.6. The summed E-state index contributed by atoms with van der Waals surface area (Å²) in [6.45, 7) is 2.12. The van der Waals surface area contributed by atoms with Gasteiger partial charge in [-0.3, -0.25) is 0 Å². The molecule has 6 nitrogen and oxygen atoms in total. The Morgan fingerprint density at radius 2 is 2.10 bits per heavy atom. The quantitative estimate of drug-likeness (QED) is 0.900. The predicted molar refractivity (Wildman–Crippen MR) is 78.8 cm³/mol. The number of fused-ring (bicyclic) bond motifs is 1. The predicted octanol–water partition coefficient (Wildman–Crippen LogP) is 1.04. The van der Waals surface area contributed by atoms with Crippen LogP contribution in [0.25, 0.3) is 0 Å². The molecule has 0 radical (unpaired) electrons. The standard InChI is InChI=1S/C14H18N2O4S/c15-14-13-11(9-21(17,18)16-14)2-1-3-12(13)20-8-10-4-6-19-7-5-10/h1-3,10H,4-9H2,(H2,15,16). The van der Waals surface area contributed by atoms with Crippen LogP contribution >= 0.6 is 0 Å². The summed E-state index contributed by atoms with van der Waals surface area (Å²) < 4.78 is 38.0. The van der Waals surface area contributed by atoms with Crippen LogP contribution in [0.4, 0.5) is 0 Å². The van der Waals surface area contributed by atoms with Crippen molar-refractivity contribution in [2.45, 2.75) is 18.6 Å². The molecule has 0 bridgehead atoms. The average molecular weight is 310 g/mol. The number of ether oxygens (including phenoxy) is 2. The zero-order valence-corrected chi connectivity index (χ0v) is 12.4. The van der Waals surface area contributed by atoms with Crippen molar-refractivity contribution in [1.29, 1.82) is 0 Å². The first-order chi connectivity index (χ1) is 10.1. The second-order valence-electron chi connectivity index (χ2n) is 5.36. The molecule has 2 N–H and O–H groups in total. The fourth-order valence-corrected chi connectivity index (χ4v) is 3.74. The normalized spacial score (nSPS) is 21.4. The van der Waals surface area contributed by atoms with E-state index in [2.05, 4.69) is 4.40 Å². The lowest BCUT2D eigenvalue weighted by Crippen LogP contribution is -2.26. The number of sulfonamides is 1. The first-order valence-corrected chi connectivity index (χ1v) is 8.57. The number of nitrogens with two attached hydrogens (primary N) is 1. The van der Waals surface area contributed by atoms with E-state index in [0.29, 0.717) is 29.4 Å². The molecule has 0 amide bonds. The molecule has 114 valence electrons. The molecule has 2 aliphatic heterocycles. The fourth-order valence-electron chi connectivity index (χ4n) is 2.65. The Morgan fingerprint density at radius 3 is 2.86 bits per heavy atom. The van der Waals surface area contributed by atoms with Crippen LogP contribution in [-0.2, 0) is 20.5 Å². The van der Waals surface area contributed by atoms with Crippen LogP contribution in [0.15, 0.2) is 22.6 Å². The van der Waals surface area contributed by atoms with Gasteiger partial charge in [-0.15, -0.1) is 4.40 Å². The van der Waals surface area contributed by atoms with Gasteiger partial charge in [0.2, 0.25) is 0 Å². The molecular formula is C14H18N2O4S. The van der Waals surface area contributed by atoms with E-state index in [4.69, 9.17) is 15.2 Å². The SMILES string of the molecule is NC1=NS(=O)(=O)Cc2cccc(OCC3CCOCC3)c21. The average Bonchev–Trinajstić information content (AvgIpc) is 2.44. The molecule has 7 heteroatoms. The van der Waals surface area contributed by atoms with Gasteiger partial charge in [-0.2, -0.15) is 0 Å². The molecular weight excluding hydrogens is 292 g/mol. The largest absolute Gasteiger partial charge is 0.493 e. The molecule has 2 heterocycles. The van der Waals surface area contributed by atoms with Gasteiger partial charge in [-0.05, 0) is 30.4 Å². The molecule has 0 aromatic heterocycles. The van der Waals surface area contributed by atoms with E-state index < -0.39 is 10.0 Å². The van der Waals surface area contributed by atoms with E-state index in [0.717, 1.165) is 26.1 Å². The van der Waals surface area contributed by atoms with Gasteiger partial charge in [-0.25, -0.2) is 8.42 Å². The maximum Gasteiger partial charge on any atom is 0.259 e. The highest BCUT2D eigenvalue weighted by atomic mass is 32.2. The Labute approximate surface area is 124 Å². The third-order valence-electron chi connectivity index (χ3n) is 3.76. The van der Waals surface area contributed by atoms with Crippen molar-refractivity contribution in [2.75, 3.05) is 19.8 Å². The zero-order valence-electron chi connectivity index (χ0n) is 11.6. The van der Waals surface area contributed by atoms with Crippen molar-refractivity contribution in [3.8, 4) is 5.75 Å². The Balaban J connectivity index is 1.81. The molecule has 1 saturated heterocycles. The number of hydrogen-bond donors (Lipinski definition) is 1. The molecule has 0 atom stereocenters. The highest BCUT2D eigenvalue weighted by Crippen LogP contribution is 2.29. The van der Waals surface area contributed by atoms with Gasteiger partial charge in [0.05, 0.1) is 17.9 Å². The van der Waals surface area contributed by atoms with Gasteiger partial charge in [0.25, 0.3) is 10.0 Å². The number of benzene rings is 1. The smallest absolute Gasteiger partial charge is 0.259 e. The van der Waals surface area contributed by atoms with E-state index in [9.17, 15) is 8.42 Å². The van der Waals surface area contributed by atoms with E-state index in [1.165, 1.54) is 0 Å². The first kappa shape index (κ1) is 14.3. The van der Waals surface area contributed by atoms with E-state index >= 15 is 0 Å². The lowest BCUT2D eigenvalue weighted by Gasteiger charge is -2.24. The molecule has 1 fully saturated rings. The fraction of sp³-hybridized carbons (Fsp3) is 0.500. The summed E-state index contributed by atoms with van der Waals surface area (Å²) in [5, 5.41) is 0. The molecule has 21 heavy (non-hydrogen) atoms. The molecule has 1 aromatic rings. The molecule has 1 aromatic carbocycles. The maximum atomic E-state index is 11.6. The van der Waals surface area contributed by atoms with Crippen molar-refractivity contribution in [1.82, 2.24) is 0 Å². The minimum Gasteiger partial charge on any atom is -0.493 e. The Hall–Kier alpha value is -1.60. The van der Waals surface area contributed by atoms with Crippen molar-refractivity contribution in [3.05, 3.63) is 29.3 Å². The van der Waals surface area contributed by atoms with Crippen LogP contribution in [0.5, 0.6) is 5.75 Å². The van der Waals surface area contributed by atoms with Crippen LogP contribution in [0, 0.1) is 5.92 Å². The number of nitrogens with zero attached hydrogens (tertiary/aromatic N) is 1. The zero-order chi connectivity index (χ0) is 14.9. The lowest BCUT2D eigenvalue weighted by atomic mass is 10.0. The summed E-state index contributed by atoms with van der Waals surface area (Å²) >= 11 is 0. The monoisotopic (exact) mass is 310 g/mol. The van der Waals surface area contributed by atoms with Crippen molar-refractivity contribution in [3.63, 3.8) is 0 Å². The molecule has 2 aliphatic rings. The second-order valence-corrected chi connectivity index (χ2v) is 6.99. The summed E-state index contributed by atoms with van der Waals surface area (Å²) in [6, 6.07) is 5.33. The molecule has 0 unspecified atom stereocenters. The molecule has 3 rings (SSSR count). The summed E-state index contributed by atoms with van der Waals surface area (Å²) in [6.07, 6.45) is 1.96. The second kappa shape index (κ2) is 5.65. The third-order valence-corrected chi connectivity index (χ3v) is 4.91. The summed E-state index contributed by atoms with van der Waals surface area (Å²) in [5.41, 5.74) is 7.06. The summed E-state index contributed by atoms with van der Waals surface area (Å²) in [7, 11) is -3.51. The topological polar surface area (TPSA) is 91.0 Å². The number of hydrogen-bond acceptors (Lipinski definition) is 5. The van der Waals surface area contributed by atoms with Gasteiger partial charge in [0, 0.05) is 13.2 Å². The van der Waals surface area contributed by atoms with E-state index in [1.807, 2.05) is 0 Å². The van der Waals surface area contributed by atoms with Crippen LogP contribution in [-0.4, -0.2) is 34.1 Å². The Morgan fingerprint density at radius 1 is 1.33 bits per heavy atom. The molecule has 0 saturated carbocycles. The number of amidine groups is 1. The van der Waals surface area contributed by atoms with Crippen molar-refractivity contribution < 1.29 is 17.9 Å². The third kappa shape index (κ3) is 3.19.